The maximum atomic E-state index is 5.20. The predicted molar refractivity (Wildman–Crippen MR) is 69.3 cm³/mol. The molecule has 0 radical (unpaired) electrons. The molecule has 0 aliphatic carbocycles. The molecule has 2 heteroatoms. The molecule has 0 saturated heterocycles. The normalized spacial score (nSPS) is 10.8. The number of nitrogens with one attached hydrogen (secondary N) is 1. The van der Waals surface area contributed by atoms with E-state index < -0.39 is 0 Å². The first-order valence-electron chi connectivity index (χ1n) is 5.53. The second-order valence-electron chi connectivity index (χ2n) is 4.23. The van der Waals surface area contributed by atoms with Crippen molar-refractivity contribution in [1.29, 1.82) is 0 Å². The van der Waals surface area contributed by atoms with Gasteiger partial charge in [-0.25, -0.2) is 0 Å². The molecule has 0 aliphatic heterocycles. The molecule has 0 aromatic heterocycles. The van der Waals surface area contributed by atoms with E-state index in [2.05, 4.69) is 49.5 Å². The van der Waals surface area contributed by atoms with E-state index in [0.29, 0.717) is 6.04 Å². The summed E-state index contributed by atoms with van der Waals surface area (Å²) < 4.78 is 5.20. The minimum absolute atomic E-state index is 0.454. The summed E-state index contributed by atoms with van der Waals surface area (Å²) in [4.78, 5) is 0. The van der Waals surface area contributed by atoms with Crippen LogP contribution < -0.4 is 10.1 Å². The summed E-state index contributed by atoms with van der Waals surface area (Å²) in [7, 11) is 1.69. The van der Waals surface area contributed by atoms with Crippen LogP contribution in [-0.4, -0.2) is 13.2 Å². The average molecular weight is 215 g/mol. The van der Waals surface area contributed by atoms with Crippen molar-refractivity contribution in [3.05, 3.63) is 36.4 Å². The molecule has 2 rings (SSSR count). The Kier molecular flexibility index (Phi) is 3.00. The predicted octanol–water partition coefficient (Wildman–Crippen LogP) is 3.67. The zero-order chi connectivity index (χ0) is 11.5. The Balaban J connectivity index is 2.39. The van der Waals surface area contributed by atoms with Crippen LogP contribution in [-0.2, 0) is 0 Å². The molecule has 0 aliphatic rings. The first-order chi connectivity index (χ1) is 7.69. The van der Waals surface area contributed by atoms with Gasteiger partial charge in [-0.15, -0.1) is 0 Å². The number of methoxy groups -OCH3 is 1. The third kappa shape index (κ3) is 2.27. The second-order valence-corrected chi connectivity index (χ2v) is 4.23. The maximum absolute atomic E-state index is 5.20. The number of hydrogen-bond donors (Lipinski definition) is 1. The molecule has 0 unspecified atom stereocenters. The van der Waals surface area contributed by atoms with Gasteiger partial charge in [-0.3, -0.25) is 0 Å². The van der Waals surface area contributed by atoms with Crippen LogP contribution in [0.2, 0.25) is 0 Å². The maximum Gasteiger partial charge on any atom is 0.119 e. The van der Waals surface area contributed by atoms with Crippen LogP contribution in [0.15, 0.2) is 36.4 Å². The molecular weight excluding hydrogens is 198 g/mol. The van der Waals surface area contributed by atoms with E-state index in [0.717, 1.165) is 11.4 Å². The van der Waals surface area contributed by atoms with Crippen LogP contribution in [0.5, 0.6) is 5.75 Å². The number of ether oxygens (including phenoxy) is 1. The van der Waals surface area contributed by atoms with Gasteiger partial charge in [0.25, 0.3) is 0 Å². The van der Waals surface area contributed by atoms with Crippen molar-refractivity contribution in [3.8, 4) is 5.75 Å². The fourth-order valence-electron chi connectivity index (χ4n) is 1.77. The summed E-state index contributed by atoms with van der Waals surface area (Å²) in [5.41, 5.74) is 1.16. The smallest absolute Gasteiger partial charge is 0.119 e. The van der Waals surface area contributed by atoms with Gasteiger partial charge in [-0.05, 0) is 48.9 Å². The Bertz CT molecular complexity index is 491. The first kappa shape index (κ1) is 10.8. The lowest BCUT2D eigenvalue weighted by Gasteiger charge is -2.11. The molecule has 0 atom stereocenters. The molecule has 0 spiro atoms. The minimum Gasteiger partial charge on any atom is -0.497 e. The molecule has 0 saturated carbocycles. The molecule has 0 bridgehead atoms. The van der Waals surface area contributed by atoms with Crippen molar-refractivity contribution in [2.24, 2.45) is 0 Å². The van der Waals surface area contributed by atoms with Gasteiger partial charge in [-0.2, -0.15) is 0 Å². The largest absolute Gasteiger partial charge is 0.497 e. The van der Waals surface area contributed by atoms with Crippen LogP contribution >= 0.6 is 0 Å². The van der Waals surface area contributed by atoms with E-state index in [4.69, 9.17) is 4.74 Å². The van der Waals surface area contributed by atoms with Gasteiger partial charge in [-0.1, -0.05) is 12.1 Å². The van der Waals surface area contributed by atoms with Gasteiger partial charge >= 0.3 is 0 Å². The highest BCUT2D eigenvalue weighted by Gasteiger charge is 1.99. The van der Waals surface area contributed by atoms with Crippen LogP contribution in [0.4, 0.5) is 5.69 Å². The summed E-state index contributed by atoms with van der Waals surface area (Å²) in [5.74, 6) is 0.900. The van der Waals surface area contributed by atoms with Crippen molar-refractivity contribution in [1.82, 2.24) is 0 Å². The number of hydrogen-bond acceptors (Lipinski definition) is 2. The molecule has 0 heterocycles. The van der Waals surface area contributed by atoms with Gasteiger partial charge in [0.2, 0.25) is 0 Å². The first-order valence-corrected chi connectivity index (χ1v) is 5.53. The zero-order valence-corrected chi connectivity index (χ0v) is 9.95. The van der Waals surface area contributed by atoms with Gasteiger partial charge in [0.05, 0.1) is 7.11 Å². The Morgan fingerprint density at radius 3 is 2.38 bits per heavy atom. The third-order valence-corrected chi connectivity index (χ3v) is 2.50. The molecule has 84 valence electrons. The van der Waals surface area contributed by atoms with Gasteiger partial charge in [0.1, 0.15) is 5.75 Å². The highest BCUT2D eigenvalue weighted by atomic mass is 16.5. The van der Waals surface area contributed by atoms with Crippen LogP contribution in [0.1, 0.15) is 13.8 Å². The van der Waals surface area contributed by atoms with Crippen LogP contribution in [0, 0.1) is 0 Å². The summed E-state index contributed by atoms with van der Waals surface area (Å²) in [6.07, 6.45) is 0. The summed E-state index contributed by atoms with van der Waals surface area (Å²) in [5, 5.41) is 5.82. The molecule has 0 fully saturated rings. The highest BCUT2D eigenvalue weighted by molar-refractivity contribution is 5.86. The molecular formula is C14H17NO. The monoisotopic (exact) mass is 215 g/mol. The van der Waals surface area contributed by atoms with E-state index in [1.54, 1.807) is 7.11 Å². The second kappa shape index (κ2) is 4.44. The van der Waals surface area contributed by atoms with Crippen LogP contribution in [0.3, 0.4) is 0 Å². The molecule has 2 aromatic rings. The van der Waals surface area contributed by atoms with Crippen molar-refractivity contribution in [3.63, 3.8) is 0 Å². The van der Waals surface area contributed by atoms with Gasteiger partial charge in [0.15, 0.2) is 0 Å². The molecule has 0 amide bonds. The fourth-order valence-corrected chi connectivity index (χ4v) is 1.77. The SMILES string of the molecule is COc1ccc2cc(NC(C)C)ccc2c1. The number of benzene rings is 2. The van der Waals surface area contributed by atoms with E-state index >= 15 is 0 Å². The average Bonchev–Trinajstić information content (AvgIpc) is 2.27. The number of fused-ring (bicyclic) bond motifs is 1. The third-order valence-electron chi connectivity index (χ3n) is 2.50. The Morgan fingerprint density at radius 1 is 1.00 bits per heavy atom. The van der Waals surface area contributed by atoms with E-state index in [-0.39, 0.29) is 0 Å². The van der Waals surface area contributed by atoms with Crippen molar-refractivity contribution in [2.45, 2.75) is 19.9 Å². The van der Waals surface area contributed by atoms with E-state index in [1.165, 1.54) is 10.8 Å². The molecule has 2 nitrogen and oxygen atoms in total. The number of rotatable bonds is 3. The zero-order valence-electron chi connectivity index (χ0n) is 9.95. The van der Waals surface area contributed by atoms with Gasteiger partial charge < -0.3 is 10.1 Å². The highest BCUT2D eigenvalue weighted by Crippen LogP contribution is 2.23. The van der Waals surface area contributed by atoms with Crippen molar-refractivity contribution < 1.29 is 4.74 Å². The lowest BCUT2D eigenvalue weighted by molar-refractivity contribution is 0.415. The minimum atomic E-state index is 0.454. The molecule has 2 aromatic carbocycles. The lowest BCUT2D eigenvalue weighted by atomic mass is 10.1. The van der Waals surface area contributed by atoms with E-state index in [1.807, 2.05) is 6.07 Å². The number of anilines is 1. The fraction of sp³-hybridized carbons (Fsp3) is 0.286. The quantitative estimate of drug-likeness (QED) is 0.843. The van der Waals surface area contributed by atoms with Crippen molar-refractivity contribution in [2.75, 3.05) is 12.4 Å². The molecule has 1 N–H and O–H groups in total. The Hall–Kier alpha value is -1.70. The topological polar surface area (TPSA) is 21.3 Å². The van der Waals surface area contributed by atoms with Crippen molar-refractivity contribution >= 4 is 16.5 Å². The lowest BCUT2D eigenvalue weighted by Crippen LogP contribution is -2.09. The standard InChI is InChI=1S/C14H17NO/c1-10(2)15-13-6-4-12-9-14(16-3)7-5-11(12)8-13/h4-10,15H,1-3H3. The summed E-state index contributed by atoms with van der Waals surface area (Å²) >= 11 is 0. The summed E-state index contributed by atoms with van der Waals surface area (Å²) in [6, 6.07) is 12.9. The summed E-state index contributed by atoms with van der Waals surface area (Å²) in [6.45, 7) is 4.27. The van der Waals surface area contributed by atoms with Crippen LogP contribution in [0.25, 0.3) is 10.8 Å². The molecule has 16 heavy (non-hydrogen) atoms. The van der Waals surface area contributed by atoms with E-state index in [9.17, 15) is 0 Å². The Morgan fingerprint density at radius 2 is 1.69 bits per heavy atom. The Labute approximate surface area is 96.2 Å². The van der Waals surface area contributed by atoms with Gasteiger partial charge in [0, 0.05) is 11.7 Å².